The molecule has 4 aromatic rings. The van der Waals surface area contributed by atoms with E-state index in [1.807, 2.05) is 6.07 Å². The van der Waals surface area contributed by atoms with Crippen molar-refractivity contribution in [1.29, 1.82) is 0 Å². The number of aromatic amines is 1. The Labute approximate surface area is 151 Å². The summed E-state index contributed by atoms with van der Waals surface area (Å²) >= 11 is 6.44. The van der Waals surface area contributed by atoms with E-state index in [1.54, 1.807) is 12.4 Å². The Kier molecular flexibility index (Phi) is 4.43. The summed E-state index contributed by atoms with van der Waals surface area (Å²) in [6.45, 7) is 0.719. The molecule has 25 heavy (non-hydrogen) atoms. The van der Waals surface area contributed by atoms with Crippen molar-refractivity contribution >= 4 is 33.3 Å². The number of H-pyrrole nitrogens is 1. The molecule has 2 aromatic carbocycles. The molecule has 4 rings (SSSR count). The Bertz CT molecular complexity index is 1040. The molecule has 0 amide bonds. The molecular weight excluding hydrogens is 330 g/mol. The van der Waals surface area contributed by atoms with Crippen LogP contribution in [-0.2, 0) is 6.42 Å². The van der Waals surface area contributed by atoms with Crippen molar-refractivity contribution in [1.82, 2.24) is 9.97 Å². The number of aromatic nitrogens is 2. The van der Waals surface area contributed by atoms with Gasteiger partial charge in [0.2, 0.25) is 0 Å². The van der Waals surface area contributed by atoms with Gasteiger partial charge in [-0.15, -0.1) is 0 Å². The number of fused-ring (bicyclic) bond motifs is 3. The normalized spacial score (nSPS) is 11.4. The fourth-order valence-corrected chi connectivity index (χ4v) is 3.72. The van der Waals surface area contributed by atoms with Crippen LogP contribution in [0.15, 0.2) is 54.9 Å². The zero-order chi connectivity index (χ0) is 17.2. The summed E-state index contributed by atoms with van der Waals surface area (Å²) in [6, 6.07) is 14.8. The smallest absolute Gasteiger partial charge is 0.0682 e. The molecule has 0 fully saturated rings. The summed E-state index contributed by atoms with van der Waals surface area (Å²) in [4.78, 5) is 7.76. The molecule has 0 radical (unpaired) electrons. The van der Waals surface area contributed by atoms with E-state index in [0.717, 1.165) is 37.1 Å². The number of pyridine rings is 1. The zero-order valence-electron chi connectivity index (χ0n) is 13.9. The SMILES string of the molecule is NCCCCc1c(-c2ccncc2Cl)[nH]c2c1ccc1ccccc12. The van der Waals surface area contributed by atoms with E-state index in [4.69, 9.17) is 17.3 Å². The van der Waals surface area contributed by atoms with Crippen molar-refractivity contribution in [2.45, 2.75) is 19.3 Å². The fourth-order valence-electron chi connectivity index (χ4n) is 3.51. The summed E-state index contributed by atoms with van der Waals surface area (Å²) in [5.41, 5.74) is 10.3. The Morgan fingerprint density at radius 3 is 2.72 bits per heavy atom. The molecule has 0 bridgehead atoms. The summed E-state index contributed by atoms with van der Waals surface area (Å²) in [7, 11) is 0. The van der Waals surface area contributed by atoms with Crippen LogP contribution in [0.5, 0.6) is 0 Å². The number of nitrogens with one attached hydrogen (secondary N) is 1. The first-order chi connectivity index (χ1) is 12.3. The summed E-state index contributed by atoms with van der Waals surface area (Å²) < 4.78 is 0. The lowest BCUT2D eigenvalue weighted by molar-refractivity contribution is 0.748. The molecule has 0 saturated carbocycles. The number of nitrogens with zero attached hydrogens (tertiary/aromatic N) is 1. The van der Waals surface area contributed by atoms with Crippen molar-refractivity contribution < 1.29 is 0 Å². The van der Waals surface area contributed by atoms with Crippen LogP contribution in [-0.4, -0.2) is 16.5 Å². The first kappa shape index (κ1) is 16.1. The van der Waals surface area contributed by atoms with Crippen LogP contribution in [0.4, 0.5) is 0 Å². The van der Waals surface area contributed by atoms with E-state index in [2.05, 4.69) is 46.4 Å². The van der Waals surface area contributed by atoms with Gasteiger partial charge < -0.3 is 10.7 Å². The predicted molar refractivity (Wildman–Crippen MR) is 106 cm³/mol. The number of halogens is 1. The maximum atomic E-state index is 6.44. The number of nitrogens with two attached hydrogens (primary N) is 1. The lowest BCUT2D eigenvalue weighted by Gasteiger charge is -2.06. The maximum absolute atomic E-state index is 6.44. The standard InChI is InChI=1S/C21H20ClN3/c22-19-13-24-12-10-18(19)21-16(7-3-4-11-23)17-9-8-14-5-1-2-6-15(14)20(17)25-21/h1-2,5-6,8-10,12-13,25H,3-4,7,11,23H2. The Morgan fingerprint density at radius 1 is 1.00 bits per heavy atom. The quantitative estimate of drug-likeness (QED) is 0.479. The number of hydrogen-bond acceptors (Lipinski definition) is 2. The van der Waals surface area contributed by atoms with Gasteiger partial charge in [-0.05, 0) is 42.8 Å². The van der Waals surface area contributed by atoms with Gasteiger partial charge in [-0.25, -0.2) is 0 Å². The minimum Gasteiger partial charge on any atom is -0.354 e. The third-order valence-electron chi connectivity index (χ3n) is 4.73. The molecule has 0 aliphatic carbocycles. The van der Waals surface area contributed by atoms with Gasteiger partial charge in [0.05, 0.1) is 16.2 Å². The Balaban J connectivity index is 1.98. The molecule has 126 valence electrons. The number of aryl methyl sites for hydroxylation is 1. The molecule has 4 heteroatoms. The fraction of sp³-hybridized carbons (Fsp3) is 0.190. The highest BCUT2D eigenvalue weighted by atomic mass is 35.5. The summed E-state index contributed by atoms with van der Waals surface area (Å²) in [5, 5.41) is 4.39. The predicted octanol–water partition coefficient (Wildman–Crippen LogP) is 5.32. The van der Waals surface area contributed by atoms with Gasteiger partial charge in [0.25, 0.3) is 0 Å². The van der Waals surface area contributed by atoms with E-state index < -0.39 is 0 Å². The van der Waals surface area contributed by atoms with E-state index in [0.29, 0.717) is 5.02 Å². The van der Waals surface area contributed by atoms with Gasteiger partial charge in [0.1, 0.15) is 0 Å². The molecule has 2 aromatic heterocycles. The van der Waals surface area contributed by atoms with Gasteiger partial charge in [0.15, 0.2) is 0 Å². The molecular formula is C21H20ClN3. The van der Waals surface area contributed by atoms with Crippen LogP contribution in [0.1, 0.15) is 18.4 Å². The average molecular weight is 350 g/mol. The lowest BCUT2D eigenvalue weighted by atomic mass is 9.99. The monoisotopic (exact) mass is 349 g/mol. The van der Waals surface area contributed by atoms with E-state index in [-0.39, 0.29) is 0 Å². The molecule has 0 spiro atoms. The minimum atomic E-state index is 0.665. The molecule has 2 heterocycles. The van der Waals surface area contributed by atoms with Crippen LogP contribution in [0, 0.1) is 0 Å². The second-order valence-electron chi connectivity index (χ2n) is 6.29. The second-order valence-corrected chi connectivity index (χ2v) is 6.70. The first-order valence-corrected chi connectivity index (χ1v) is 8.99. The van der Waals surface area contributed by atoms with Gasteiger partial charge in [-0.2, -0.15) is 0 Å². The first-order valence-electron chi connectivity index (χ1n) is 8.62. The number of hydrogen-bond donors (Lipinski definition) is 2. The lowest BCUT2D eigenvalue weighted by Crippen LogP contribution is -1.99. The number of benzene rings is 2. The molecule has 3 N–H and O–H groups in total. The molecule has 3 nitrogen and oxygen atoms in total. The Morgan fingerprint density at radius 2 is 1.88 bits per heavy atom. The highest BCUT2D eigenvalue weighted by Crippen LogP contribution is 2.37. The summed E-state index contributed by atoms with van der Waals surface area (Å²) in [5.74, 6) is 0. The topological polar surface area (TPSA) is 54.7 Å². The van der Waals surface area contributed by atoms with E-state index in [1.165, 1.54) is 27.2 Å². The van der Waals surface area contributed by atoms with Gasteiger partial charge >= 0.3 is 0 Å². The number of rotatable bonds is 5. The van der Waals surface area contributed by atoms with Crippen molar-refractivity contribution in [3.05, 3.63) is 65.4 Å². The van der Waals surface area contributed by atoms with Crippen molar-refractivity contribution in [3.8, 4) is 11.3 Å². The van der Waals surface area contributed by atoms with Gasteiger partial charge in [0, 0.05) is 28.7 Å². The van der Waals surface area contributed by atoms with Crippen molar-refractivity contribution in [2.75, 3.05) is 6.54 Å². The average Bonchev–Trinajstić information content (AvgIpc) is 3.01. The van der Waals surface area contributed by atoms with Gasteiger partial charge in [-0.1, -0.05) is 48.0 Å². The summed E-state index contributed by atoms with van der Waals surface area (Å²) in [6.07, 6.45) is 6.54. The number of unbranched alkanes of at least 4 members (excludes halogenated alkanes) is 1. The molecule has 0 aliphatic heterocycles. The van der Waals surface area contributed by atoms with Crippen LogP contribution in [0.25, 0.3) is 32.9 Å². The zero-order valence-corrected chi connectivity index (χ0v) is 14.7. The molecule has 0 aliphatic rings. The third kappa shape index (κ3) is 2.90. The van der Waals surface area contributed by atoms with Crippen LogP contribution in [0.3, 0.4) is 0 Å². The van der Waals surface area contributed by atoms with Crippen LogP contribution >= 0.6 is 11.6 Å². The van der Waals surface area contributed by atoms with E-state index in [9.17, 15) is 0 Å². The van der Waals surface area contributed by atoms with Crippen LogP contribution < -0.4 is 5.73 Å². The Hall–Kier alpha value is -2.36. The molecule has 0 saturated heterocycles. The highest BCUT2D eigenvalue weighted by Gasteiger charge is 2.16. The molecule has 0 unspecified atom stereocenters. The van der Waals surface area contributed by atoms with Gasteiger partial charge in [-0.3, -0.25) is 4.98 Å². The second kappa shape index (κ2) is 6.87. The third-order valence-corrected chi connectivity index (χ3v) is 5.03. The molecule has 0 atom stereocenters. The van der Waals surface area contributed by atoms with E-state index >= 15 is 0 Å². The van der Waals surface area contributed by atoms with Crippen molar-refractivity contribution in [2.24, 2.45) is 5.73 Å². The highest BCUT2D eigenvalue weighted by molar-refractivity contribution is 6.33. The van der Waals surface area contributed by atoms with Crippen LogP contribution in [0.2, 0.25) is 5.02 Å². The van der Waals surface area contributed by atoms with Crippen molar-refractivity contribution in [3.63, 3.8) is 0 Å². The largest absolute Gasteiger partial charge is 0.354 e. The minimum absolute atomic E-state index is 0.665. The maximum Gasteiger partial charge on any atom is 0.0682 e.